The number of nitrogens with zero attached hydrogens (tertiary/aromatic N) is 5. The molecule has 0 bridgehead atoms. The van der Waals surface area contributed by atoms with Gasteiger partial charge in [-0.15, -0.1) is 10.2 Å². The highest BCUT2D eigenvalue weighted by Crippen LogP contribution is 2.17. The largest absolute Gasteiger partial charge is 0.357 e. The third-order valence-electron chi connectivity index (χ3n) is 5.51. The van der Waals surface area contributed by atoms with Crippen molar-refractivity contribution in [3.05, 3.63) is 65.6 Å². The van der Waals surface area contributed by atoms with E-state index in [1.807, 2.05) is 28.8 Å². The summed E-state index contributed by atoms with van der Waals surface area (Å²) in [6.45, 7) is 7.52. The van der Waals surface area contributed by atoms with E-state index in [1.165, 1.54) is 43.5 Å². The van der Waals surface area contributed by atoms with Crippen LogP contribution in [0.25, 0.3) is 5.65 Å². The molecule has 3 aromatic rings. The second kappa shape index (κ2) is 10.2. The number of rotatable bonds is 7. The standard InChI is InChI=1S/C23H31N7/c1-2-24-23(26-17-22-28-27-21-12-6-9-15-30(21)22)25-16-19-10-4-5-11-20(19)18-29-13-7-3-8-14-29/h4-6,9-12,15H,2-3,7-8,13-14,16-18H2,1H3,(H2,24,25,26). The molecular formula is C23H31N7. The first-order valence-electron chi connectivity index (χ1n) is 10.9. The van der Waals surface area contributed by atoms with E-state index in [0.29, 0.717) is 13.1 Å². The van der Waals surface area contributed by atoms with Crippen molar-refractivity contribution in [2.45, 2.75) is 45.8 Å². The minimum Gasteiger partial charge on any atom is -0.357 e. The number of hydrogen-bond donors (Lipinski definition) is 2. The van der Waals surface area contributed by atoms with E-state index in [4.69, 9.17) is 4.99 Å². The van der Waals surface area contributed by atoms with Gasteiger partial charge in [-0.05, 0) is 56.1 Å². The van der Waals surface area contributed by atoms with Gasteiger partial charge in [0.05, 0.1) is 13.1 Å². The van der Waals surface area contributed by atoms with E-state index in [1.54, 1.807) is 0 Å². The fraction of sp³-hybridized carbons (Fsp3) is 0.435. The molecule has 0 aliphatic carbocycles. The first-order chi connectivity index (χ1) is 14.8. The van der Waals surface area contributed by atoms with Gasteiger partial charge in [-0.25, -0.2) is 4.99 Å². The van der Waals surface area contributed by atoms with E-state index < -0.39 is 0 Å². The Labute approximate surface area is 178 Å². The van der Waals surface area contributed by atoms with Crippen LogP contribution in [0.5, 0.6) is 0 Å². The van der Waals surface area contributed by atoms with Crippen molar-refractivity contribution in [2.24, 2.45) is 4.99 Å². The van der Waals surface area contributed by atoms with Crippen LogP contribution in [0.4, 0.5) is 0 Å². The van der Waals surface area contributed by atoms with Crippen LogP contribution in [0.1, 0.15) is 43.1 Å². The number of guanidine groups is 1. The molecule has 4 rings (SSSR count). The predicted octanol–water partition coefficient (Wildman–Crippen LogP) is 2.97. The highest BCUT2D eigenvalue weighted by atomic mass is 15.3. The number of aliphatic imine (C=N–C) groups is 1. The molecule has 0 atom stereocenters. The Morgan fingerprint density at radius 1 is 0.967 bits per heavy atom. The highest BCUT2D eigenvalue weighted by molar-refractivity contribution is 5.79. The molecule has 0 saturated carbocycles. The normalized spacial score (nSPS) is 15.4. The topological polar surface area (TPSA) is 69.8 Å². The average molecular weight is 406 g/mol. The van der Waals surface area contributed by atoms with Crippen molar-refractivity contribution in [3.63, 3.8) is 0 Å². The zero-order chi connectivity index (χ0) is 20.6. The van der Waals surface area contributed by atoms with Gasteiger partial charge in [-0.3, -0.25) is 9.30 Å². The summed E-state index contributed by atoms with van der Waals surface area (Å²) < 4.78 is 1.99. The molecule has 3 heterocycles. The molecule has 1 aliphatic heterocycles. The van der Waals surface area contributed by atoms with E-state index in [2.05, 4.69) is 56.9 Å². The minimum absolute atomic E-state index is 0.562. The summed E-state index contributed by atoms with van der Waals surface area (Å²) in [6, 6.07) is 14.6. The van der Waals surface area contributed by atoms with Gasteiger partial charge in [-0.2, -0.15) is 0 Å². The maximum absolute atomic E-state index is 4.84. The summed E-state index contributed by atoms with van der Waals surface area (Å²) in [6.07, 6.45) is 5.97. The van der Waals surface area contributed by atoms with Crippen molar-refractivity contribution < 1.29 is 0 Å². The van der Waals surface area contributed by atoms with Crippen LogP contribution >= 0.6 is 0 Å². The molecule has 0 unspecified atom stereocenters. The first kappa shape index (κ1) is 20.3. The molecule has 0 spiro atoms. The van der Waals surface area contributed by atoms with E-state index >= 15 is 0 Å². The maximum atomic E-state index is 4.84. The number of aromatic nitrogens is 3. The predicted molar refractivity (Wildman–Crippen MR) is 120 cm³/mol. The fourth-order valence-electron chi connectivity index (χ4n) is 3.90. The van der Waals surface area contributed by atoms with E-state index in [9.17, 15) is 0 Å². The Morgan fingerprint density at radius 2 is 1.77 bits per heavy atom. The summed E-state index contributed by atoms with van der Waals surface area (Å²) in [5, 5.41) is 15.2. The highest BCUT2D eigenvalue weighted by Gasteiger charge is 2.12. The molecule has 1 aliphatic rings. The van der Waals surface area contributed by atoms with Gasteiger partial charge in [0.1, 0.15) is 0 Å². The molecule has 2 aromatic heterocycles. The second-order valence-electron chi connectivity index (χ2n) is 7.70. The molecule has 158 valence electrons. The summed E-state index contributed by atoms with van der Waals surface area (Å²) in [4.78, 5) is 7.40. The summed E-state index contributed by atoms with van der Waals surface area (Å²) in [5.74, 6) is 1.65. The number of fused-ring (bicyclic) bond motifs is 1. The van der Waals surface area contributed by atoms with Gasteiger partial charge < -0.3 is 10.6 Å². The molecule has 7 nitrogen and oxygen atoms in total. The first-order valence-corrected chi connectivity index (χ1v) is 10.9. The molecule has 1 aromatic carbocycles. The summed E-state index contributed by atoms with van der Waals surface area (Å²) in [5.41, 5.74) is 3.51. The summed E-state index contributed by atoms with van der Waals surface area (Å²) >= 11 is 0. The van der Waals surface area contributed by atoms with Crippen molar-refractivity contribution in [1.29, 1.82) is 0 Å². The second-order valence-corrected chi connectivity index (χ2v) is 7.70. The molecule has 7 heteroatoms. The van der Waals surface area contributed by atoms with Gasteiger partial charge in [0.15, 0.2) is 17.4 Å². The number of nitrogens with one attached hydrogen (secondary N) is 2. The number of benzene rings is 1. The summed E-state index contributed by atoms with van der Waals surface area (Å²) in [7, 11) is 0. The smallest absolute Gasteiger partial charge is 0.191 e. The molecule has 2 N–H and O–H groups in total. The lowest BCUT2D eigenvalue weighted by molar-refractivity contribution is 0.220. The quantitative estimate of drug-likeness (QED) is 0.467. The van der Waals surface area contributed by atoms with E-state index in [-0.39, 0.29) is 0 Å². The lowest BCUT2D eigenvalue weighted by Gasteiger charge is -2.27. The third-order valence-corrected chi connectivity index (χ3v) is 5.51. The Morgan fingerprint density at radius 3 is 2.60 bits per heavy atom. The number of likely N-dealkylation sites (tertiary alicyclic amines) is 1. The Hall–Kier alpha value is -2.93. The van der Waals surface area contributed by atoms with Crippen molar-refractivity contribution in [2.75, 3.05) is 19.6 Å². The molecule has 1 fully saturated rings. The van der Waals surface area contributed by atoms with Crippen LogP contribution in [0.2, 0.25) is 0 Å². The lowest BCUT2D eigenvalue weighted by atomic mass is 10.1. The van der Waals surface area contributed by atoms with Gasteiger partial charge >= 0.3 is 0 Å². The molecule has 0 radical (unpaired) electrons. The van der Waals surface area contributed by atoms with Crippen LogP contribution in [-0.4, -0.2) is 45.1 Å². The van der Waals surface area contributed by atoms with Crippen LogP contribution in [0.15, 0.2) is 53.7 Å². The van der Waals surface area contributed by atoms with Gasteiger partial charge in [0, 0.05) is 19.3 Å². The fourth-order valence-corrected chi connectivity index (χ4v) is 3.90. The Kier molecular flexibility index (Phi) is 6.92. The van der Waals surface area contributed by atoms with Crippen molar-refractivity contribution in [1.82, 2.24) is 30.1 Å². The van der Waals surface area contributed by atoms with Gasteiger partial charge in [0.2, 0.25) is 0 Å². The molecule has 0 amide bonds. The van der Waals surface area contributed by atoms with Gasteiger partial charge in [0.25, 0.3) is 0 Å². The third kappa shape index (κ3) is 5.16. The van der Waals surface area contributed by atoms with Crippen molar-refractivity contribution in [3.8, 4) is 0 Å². The molecule has 1 saturated heterocycles. The van der Waals surface area contributed by atoms with Crippen LogP contribution in [0.3, 0.4) is 0 Å². The molecule has 30 heavy (non-hydrogen) atoms. The van der Waals surface area contributed by atoms with Crippen LogP contribution in [-0.2, 0) is 19.6 Å². The van der Waals surface area contributed by atoms with Crippen LogP contribution < -0.4 is 10.6 Å². The number of hydrogen-bond acceptors (Lipinski definition) is 4. The minimum atomic E-state index is 0.562. The van der Waals surface area contributed by atoms with Crippen LogP contribution in [0, 0.1) is 0 Å². The monoisotopic (exact) mass is 405 g/mol. The molecular weight excluding hydrogens is 374 g/mol. The maximum Gasteiger partial charge on any atom is 0.191 e. The lowest BCUT2D eigenvalue weighted by Crippen LogP contribution is -2.37. The zero-order valence-corrected chi connectivity index (χ0v) is 17.7. The van der Waals surface area contributed by atoms with Gasteiger partial charge in [-0.1, -0.05) is 36.8 Å². The van der Waals surface area contributed by atoms with E-state index in [0.717, 1.165) is 30.5 Å². The number of pyridine rings is 1. The Bertz CT molecular complexity index is 972. The van der Waals surface area contributed by atoms with Crippen molar-refractivity contribution >= 4 is 11.6 Å². The average Bonchev–Trinajstić information content (AvgIpc) is 3.20. The SMILES string of the molecule is CCNC(=NCc1ccccc1CN1CCCCC1)NCc1nnc2ccccn12. The zero-order valence-electron chi connectivity index (χ0n) is 17.7. The Balaban J connectivity index is 1.42. The number of piperidine rings is 1.